The van der Waals surface area contributed by atoms with E-state index in [0.717, 1.165) is 36.3 Å². The third-order valence-corrected chi connectivity index (χ3v) is 7.70. The van der Waals surface area contributed by atoms with Gasteiger partial charge in [-0.2, -0.15) is 0 Å². The summed E-state index contributed by atoms with van der Waals surface area (Å²) in [6.45, 7) is 7.90. The van der Waals surface area contributed by atoms with Crippen LogP contribution in [0.1, 0.15) is 49.8 Å². The molecule has 0 unspecified atom stereocenters. The second-order valence-corrected chi connectivity index (χ2v) is 11.9. The van der Waals surface area contributed by atoms with Crippen molar-refractivity contribution in [2.45, 2.75) is 70.8 Å². The third kappa shape index (κ3) is 11.8. The first-order valence-electron chi connectivity index (χ1n) is 15.9. The van der Waals surface area contributed by atoms with Crippen LogP contribution in [0, 0.1) is 5.92 Å². The van der Waals surface area contributed by atoms with E-state index >= 15 is 0 Å². The number of rotatable bonds is 17. The molecule has 4 N–H and O–H groups in total. The zero-order chi connectivity index (χ0) is 31.0. The first kappa shape index (κ1) is 33.2. The molecule has 1 heterocycles. The number of hydrogen-bond donors (Lipinski definition) is 4. The van der Waals surface area contributed by atoms with Crippen molar-refractivity contribution in [2.24, 2.45) is 5.92 Å². The zero-order valence-electron chi connectivity index (χ0n) is 26.1. The summed E-state index contributed by atoms with van der Waals surface area (Å²) in [4.78, 5) is 27.1. The maximum Gasteiger partial charge on any atom is 0.242 e. The van der Waals surface area contributed by atoms with Crippen molar-refractivity contribution in [3.8, 4) is 5.75 Å². The molecule has 1 aliphatic rings. The predicted molar refractivity (Wildman–Crippen MR) is 174 cm³/mol. The minimum absolute atomic E-state index is 0.143. The summed E-state index contributed by atoms with van der Waals surface area (Å²) in [5, 5.41) is 13.0. The summed E-state index contributed by atoms with van der Waals surface area (Å²) < 4.78 is 11.4. The Morgan fingerprint density at radius 2 is 1.45 bits per heavy atom. The standard InChI is InChI=1S/C36H48N4O4/c1-27(2)23-33(39-31-17-21-43-22-18-31)36(42)40-34(35(41)38-20-19-37-25-29-9-5-3-6-10-29)24-28-13-15-32(16-14-28)44-26-30-11-7-4-8-12-30/h3-16,27,31,33-34,37,39H,17-26H2,1-2H3,(H,38,41)(H,40,42)/t33-,34+/m0/s1. The van der Waals surface area contributed by atoms with E-state index in [0.29, 0.717) is 51.7 Å². The van der Waals surface area contributed by atoms with Gasteiger partial charge in [0.25, 0.3) is 0 Å². The topological polar surface area (TPSA) is 101 Å². The first-order chi connectivity index (χ1) is 21.5. The fourth-order valence-electron chi connectivity index (χ4n) is 5.28. The minimum atomic E-state index is -0.709. The quantitative estimate of drug-likeness (QED) is 0.172. The highest BCUT2D eigenvalue weighted by atomic mass is 16.5. The van der Waals surface area contributed by atoms with Crippen LogP contribution < -0.4 is 26.0 Å². The second-order valence-electron chi connectivity index (χ2n) is 11.9. The van der Waals surface area contributed by atoms with Crippen molar-refractivity contribution in [3.05, 3.63) is 102 Å². The largest absolute Gasteiger partial charge is 0.489 e. The molecule has 8 nitrogen and oxygen atoms in total. The van der Waals surface area contributed by atoms with Gasteiger partial charge in [-0.3, -0.25) is 9.59 Å². The molecule has 3 aromatic rings. The molecule has 0 aromatic heterocycles. The molecule has 2 atom stereocenters. The number of nitrogens with one attached hydrogen (secondary N) is 4. The van der Waals surface area contributed by atoms with Crippen molar-refractivity contribution in [2.75, 3.05) is 26.3 Å². The Kier molecular flexibility index (Phi) is 13.7. The molecule has 236 valence electrons. The SMILES string of the molecule is CC(C)C[C@H](NC1CCOCC1)C(=O)N[C@H](Cc1ccc(OCc2ccccc2)cc1)C(=O)NCCNCc1ccccc1. The van der Waals surface area contributed by atoms with Gasteiger partial charge < -0.3 is 30.7 Å². The maximum atomic E-state index is 13.6. The van der Waals surface area contributed by atoms with Gasteiger partial charge in [-0.1, -0.05) is 86.6 Å². The number of carbonyl (C=O) groups excluding carboxylic acids is 2. The van der Waals surface area contributed by atoms with Gasteiger partial charge in [-0.15, -0.1) is 0 Å². The smallest absolute Gasteiger partial charge is 0.242 e. The van der Waals surface area contributed by atoms with Gasteiger partial charge in [0, 0.05) is 45.3 Å². The molecule has 3 aromatic carbocycles. The number of amides is 2. The summed E-state index contributed by atoms with van der Waals surface area (Å²) in [6, 6.07) is 27.1. The molecule has 0 bridgehead atoms. The summed E-state index contributed by atoms with van der Waals surface area (Å²) in [7, 11) is 0. The summed E-state index contributed by atoms with van der Waals surface area (Å²) >= 11 is 0. The van der Waals surface area contributed by atoms with Gasteiger partial charge in [-0.05, 0) is 54.0 Å². The Balaban J connectivity index is 1.37. The molecule has 1 saturated heterocycles. The molecular formula is C36H48N4O4. The molecule has 8 heteroatoms. The van der Waals surface area contributed by atoms with Crippen LogP contribution in [0.15, 0.2) is 84.9 Å². The minimum Gasteiger partial charge on any atom is -0.489 e. The van der Waals surface area contributed by atoms with E-state index in [1.807, 2.05) is 72.8 Å². The van der Waals surface area contributed by atoms with Crippen LogP contribution in [0.5, 0.6) is 5.75 Å². The number of carbonyl (C=O) groups is 2. The van der Waals surface area contributed by atoms with E-state index in [1.54, 1.807) is 0 Å². The Morgan fingerprint density at radius 1 is 0.795 bits per heavy atom. The van der Waals surface area contributed by atoms with Crippen LogP contribution in [0.4, 0.5) is 0 Å². The molecule has 0 spiro atoms. The zero-order valence-corrected chi connectivity index (χ0v) is 26.1. The van der Waals surface area contributed by atoms with Crippen LogP contribution in [0.2, 0.25) is 0 Å². The lowest BCUT2D eigenvalue weighted by molar-refractivity contribution is -0.130. The Bertz CT molecular complexity index is 1250. The lowest BCUT2D eigenvalue weighted by Crippen LogP contribution is -2.56. The fraction of sp³-hybridized carbons (Fsp3) is 0.444. The van der Waals surface area contributed by atoms with Gasteiger partial charge in [0.05, 0.1) is 6.04 Å². The van der Waals surface area contributed by atoms with Crippen molar-refractivity contribution in [1.82, 2.24) is 21.3 Å². The normalized spacial score (nSPS) is 15.0. The van der Waals surface area contributed by atoms with Crippen molar-refractivity contribution in [1.29, 1.82) is 0 Å². The van der Waals surface area contributed by atoms with Gasteiger partial charge in [0.15, 0.2) is 0 Å². The number of hydrogen-bond acceptors (Lipinski definition) is 6. The van der Waals surface area contributed by atoms with Gasteiger partial charge in [-0.25, -0.2) is 0 Å². The van der Waals surface area contributed by atoms with E-state index in [4.69, 9.17) is 9.47 Å². The second kappa shape index (κ2) is 18.2. The molecule has 2 amide bonds. The molecule has 1 fully saturated rings. The predicted octanol–water partition coefficient (Wildman–Crippen LogP) is 4.38. The van der Waals surface area contributed by atoms with Gasteiger partial charge >= 0.3 is 0 Å². The van der Waals surface area contributed by atoms with Crippen LogP contribution in [-0.4, -0.2) is 56.2 Å². The van der Waals surface area contributed by atoms with E-state index in [1.165, 1.54) is 5.56 Å². The molecule has 0 saturated carbocycles. The van der Waals surface area contributed by atoms with Crippen LogP contribution in [0.3, 0.4) is 0 Å². The van der Waals surface area contributed by atoms with Gasteiger partial charge in [0.1, 0.15) is 18.4 Å². The summed E-state index contributed by atoms with van der Waals surface area (Å²) in [6.07, 6.45) is 2.81. The number of benzene rings is 3. The fourth-order valence-corrected chi connectivity index (χ4v) is 5.28. The molecule has 4 rings (SSSR count). The van der Waals surface area contributed by atoms with E-state index in [-0.39, 0.29) is 23.9 Å². The Hall–Kier alpha value is -3.72. The number of ether oxygens (including phenoxy) is 2. The molecule has 1 aliphatic heterocycles. The first-order valence-corrected chi connectivity index (χ1v) is 15.9. The van der Waals surface area contributed by atoms with E-state index < -0.39 is 6.04 Å². The Labute approximate surface area is 262 Å². The average molecular weight is 601 g/mol. The van der Waals surface area contributed by atoms with E-state index in [9.17, 15) is 9.59 Å². The Morgan fingerprint density at radius 3 is 2.11 bits per heavy atom. The monoisotopic (exact) mass is 600 g/mol. The molecule has 44 heavy (non-hydrogen) atoms. The van der Waals surface area contributed by atoms with Crippen molar-refractivity contribution >= 4 is 11.8 Å². The highest BCUT2D eigenvalue weighted by Gasteiger charge is 2.28. The van der Waals surface area contributed by atoms with Gasteiger partial charge in [0.2, 0.25) is 11.8 Å². The summed E-state index contributed by atoms with van der Waals surface area (Å²) in [5.74, 6) is 0.739. The highest BCUT2D eigenvalue weighted by molar-refractivity contribution is 5.90. The van der Waals surface area contributed by atoms with E-state index in [2.05, 4.69) is 47.2 Å². The van der Waals surface area contributed by atoms with Crippen molar-refractivity contribution in [3.63, 3.8) is 0 Å². The molecular weight excluding hydrogens is 552 g/mol. The molecule has 0 aliphatic carbocycles. The lowest BCUT2D eigenvalue weighted by atomic mass is 9.99. The molecule has 0 radical (unpaired) electrons. The maximum absolute atomic E-state index is 13.6. The average Bonchev–Trinajstić information content (AvgIpc) is 3.05. The summed E-state index contributed by atoms with van der Waals surface area (Å²) in [5.41, 5.74) is 3.23. The van der Waals surface area contributed by atoms with Crippen LogP contribution >= 0.6 is 0 Å². The lowest BCUT2D eigenvalue weighted by Gasteiger charge is -2.30. The van der Waals surface area contributed by atoms with Crippen molar-refractivity contribution < 1.29 is 19.1 Å². The highest BCUT2D eigenvalue weighted by Crippen LogP contribution is 2.16. The van der Waals surface area contributed by atoms with Crippen LogP contribution in [0.25, 0.3) is 0 Å². The van der Waals surface area contributed by atoms with Crippen LogP contribution in [-0.2, 0) is 33.9 Å². The third-order valence-electron chi connectivity index (χ3n) is 7.70.